The van der Waals surface area contributed by atoms with E-state index in [1.54, 1.807) is 24.3 Å². The van der Waals surface area contributed by atoms with E-state index in [1.807, 2.05) is 0 Å². The molecule has 1 amide bonds. The number of amides is 1. The predicted octanol–water partition coefficient (Wildman–Crippen LogP) is 1.62. The normalized spacial score (nSPS) is 9.88. The maximum Gasteiger partial charge on any atom is 0.276 e. The first kappa shape index (κ1) is 10.9. The van der Waals surface area contributed by atoms with Gasteiger partial charge in [0.2, 0.25) is 0 Å². The van der Waals surface area contributed by atoms with Gasteiger partial charge in [0.15, 0.2) is 5.69 Å². The molecule has 0 aliphatic carbocycles. The Morgan fingerprint density at radius 2 is 1.94 bits per heavy atom. The second-order valence-electron chi connectivity index (χ2n) is 3.44. The van der Waals surface area contributed by atoms with Crippen LogP contribution in [0.3, 0.4) is 0 Å². The molecule has 17 heavy (non-hydrogen) atoms. The molecule has 0 unspecified atom stereocenters. The monoisotopic (exact) mass is 229 g/mol. The van der Waals surface area contributed by atoms with Crippen molar-refractivity contribution in [2.45, 2.75) is 0 Å². The second-order valence-corrected chi connectivity index (χ2v) is 3.44. The van der Waals surface area contributed by atoms with E-state index in [9.17, 15) is 4.79 Å². The lowest BCUT2D eigenvalue weighted by atomic mass is 10.2. The highest BCUT2D eigenvalue weighted by Gasteiger charge is 2.10. The highest BCUT2D eigenvalue weighted by molar-refractivity contribution is 6.06. The summed E-state index contributed by atoms with van der Waals surface area (Å²) in [6.45, 7) is 0. The van der Waals surface area contributed by atoms with Crippen LogP contribution >= 0.6 is 0 Å². The van der Waals surface area contributed by atoms with Crippen LogP contribution in [0.4, 0.5) is 11.4 Å². The van der Waals surface area contributed by atoms with Gasteiger partial charge in [0.25, 0.3) is 5.91 Å². The van der Waals surface area contributed by atoms with Crippen LogP contribution in [0, 0.1) is 0 Å². The van der Waals surface area contributed by atoms with Crippen molar-refractivity contribution in [3.8, 4) is 5.75 Å². The number of benzene rings is 1. The largest absolute Gasteiger partial charge is 0.508 e. The summed E-state index contributed by atoms with van der Waals surface area (Å²) in [5.74, 6) is -0.242. The fourth-order valence-corrected chi connectivity index (χ4v) is 1.34. The highest BCUT2D eigenvalue weighted by atomic mass is 16.3. The number of aromatic hydroxyl groups is 1. The predicted molar refractivity (Wildman–Crippen MR) is 64.7 cm³/mol. The Kier molecular flexibility index (Phi) is 2.91. The molecule has 0 aliphatic rings. The van der Waals surface area contributed by atoms with Gasteiger partial charge in [-0.3, -0.25) is 4.79 Å². The van der Waals surface area contributed by atoms with Crippen molar-refractivity contribution in [3.05, 3.63) is 48.3 Å². The van der Waals surface area contributed by atoms with Gasteiger partial charge in [-0.2, -0.15) is 0 Å². The molecule has 2 aromatic rings. The topological polar surface area (TPSA) is 88.2 Å². The average Bonchev–Trinajstić information content (AvgIpc) is 2.32. The summed E-state index contributed by atoms with van der Waals surface area (Å²) in [6, 6.07) is 9.42. The van der Waals surface area contributed by atoms with Crippen LogP contribution in [-0.2, 0) is 0 Å². The fraction of sp³-hybridized carbons (Fsp3) is 0. The molecule has 0 aliphatic heterocycles. The van der Waals surface area contributed by atoms with Crippen LogP contribution in [0.5, 0.6) is 5.75 Å². The van der Waals surface area contributed by atoms with Crippen LogP contribution in [-0.4, -0.2) is 16.0 Å². The number of phenolic OH excluding ortho intramolecular Hbond substituents is 1. The molecular weight excluding hydrogens is 218 g/mol. The van der Waals surface area contributed by atoms with E-state index in [0.717, 1.165) is 0 Å². The minimum Gasteiger partial charge on any atom is -0.508 e. The van der Waals surface area contributed by atoms with Gasteiger partial charge in [0.1, 0.15) is 5.75 Å². The third-order valence-corrected chi connectivity index (χ3v) is 2.18. The number of phenols is 1. The summed E-state index contributed by atoms with van der Waals surface area (Å²) in [4.78, 5) is 15.7. The van der Waals surface area contributed by atoms with Crippen molar-refractivity contribution in [2.24, 2.45) is 0 Å². The Bertz CT molecular complexity index is 538. The smallest absolute Gasteiger partial charge is 0.276 e. The molecular formula is C12H11N3O2. The molecule has 86 valence electrons. The van der Waals surface area contributed by atoms with Gasteiger partial charge in [0.05, 0.1) is 5.69 Å². The van der Waals surface area contributed by atoms with Crippen LogP contribution in [0.1, 0.15) is 10.5 Å². The van der Waals surface area contributed by atoms with Crippen molar-refractivity contribution in [2.75, 3.05) is 11.1 Å². The van der Waals surface area contributed by atoms with E-state index >= 15 is 0 Å². The maximum atomic E-state index is 11.8. The van der Waals surface area contributed by atoms with Gasteiger partial charge >= 0.3 is 0 Å². The Labute approximate surface area is 97.9 Å². The number of nitrogens with zero attached hydrogens (tertiary/aromatic N) is 1. The second kappa shape index (κ2) is 4.52. The minimum atomic E-state index is -0.381. The lowest BCUT2D eigenvalue weighted by Gasteiger charge is -2.06. The van der Waals surface area contributed by atoms with Crippen molar-refractivity contribution < 1.29 is 9.90 Å². The van der Waals surface area contributed by atoms with Gasteiger partial charge in [-0.15, -0.1) is 0 Å². The zero-order valence-electron chi connectivity index (χ0n) is 8.92. The first-order valence-electron chi connectivity index (χ1n) is 4.97. The SMILES string of the molecule is Nc1cccnc1C(=O)Nc1ccc(O)cc1. The molecule has 4 N–H and O–H groups in total. The number of hydrogen-bond acceptors (Lipinski definition) is 4. The van der Waals surface area contributed by atoms with Crippen LogP contribution in [0.15, 0.2) is 42.6 Å². The molecule has 0 atom stereocenters. The average molecular weight is 229 g/mol. The molecule has 0 spiro atoms. The first-order chi connectivity index (χ1) is 8.16. The maximum absolute atomic E-state index is 11.8. The Hall–Kier alpha value is -2.56. The number of pyridine rings is 1. The van der Waals surface area contributed by atoms with Crippen molar-refractivity contribution in [1.82, 2.24) is 4.98 Å². The van der Waals surface area contributed by atoms with Crippen LogP contribution in [0.2, 0.25) is 0 Å². The van der Waals surface area contributed by atoms with Gasteiger partial charge in [-0.05, 0) is 36.4 Å². The molecule has 1 aromatic heterocycles. The van der Waals surface area contributed by atoms with Crippen molar-refractivity contribution in [3.63, 3.8) is 0 Å². The number of carbonyl (C=O) groups is 1. The number of nitrogens with one attached hydrogen (secondary N) is 1. The van der Waals surface area contributed by atoms with Gasteiger partial charge in [-0.1, -0.05) is 0 Å². The van der Waals surface area contributed by atoms with Crippen LogP contribution < -0.4 is 11.1 Å². The number of nitrogens with two attached hydrogens (primary N) is 1. The summed E-state index contributed by atoms with van der Waals surface area (Å²) in [7, 11) is 0. The summed E-state index contributed by atoms with van der Waals surface area (Å²) in [6.07, 6.45) is 1.50. The molecule has 0 saturated carbocycles. The van der Waals surface area contributed by atoms with Gasteiger partial charge < -0.3 is 16.2 Å². The Morgan fingerprint density at radius 3 is 2.59 bits per heavy atom. The van der Waals surface area contributed by atoms with Gasteiger partial charge in [-0.25, -0.2) is 4.98 Å². The van der Waals surface area contributed by atoms with E-state index in [2.05, 4.69) is 10.3 Å². The molecule has 2 rings (SSSR count). The number of anilines is 2. The number of aromatic nitrogens is 1. The summed E-state index contributed by atoms with van der Waals surface area (Å²) in [5, 5.41) is 11.7. The Morgan fingerprint density at radius 1 is 1.24 bits per heavy atom. The first-order valence-corrected chi connectivity index (χ1v) is 4.97. The molecule has 0 fully saturated rings. The van der Waals surface area contributed by atoms with E-state index in [-0.39, 0.29) is 17.4 Å². The minimum absolute atomic E-state index is 0.139. The van der Waals surface area contributed by atoms with E-state index in [1.165, 1.54) is 18.3 Å². The van der Waals surface area contributed by atoms with Crippen LogP contribution in [0.25, 0.3) is 0 Å². The zero-order chi connectivity index (χ0) is 12.3. The molecule has 1 aromatic carbocycles. The molecule has 5 nitrogen and oxygen atoms in total. The van der Waals surface area contributed by atoms with E-state index < -0.39 is 0 Å². The summed E-state index contributed by atoms with van der Waals surface area (Å²) < 4.78 is 0. The third-order valence-electron chi connectivity index (χ3n) is 2.18. The quantitative estimate of drug-likeness (QED) is 0.683. The number of carbonyl (C=O) groups excluding carboxylic acids is 1. The van der Waals surface area contributed by atoms with E-state index in [4.69, 9.17) is 10.8 Å². The summed E-state index contributed by atoms with van der Waals surface area (Å²) >= 11 is 0. The zero-order valence-corrected chi connectivity index (χ0v) is 8.92. The molecule has 5 heteroatoms. The standard InChI is InChI=1S/C12H11N3O2/c13-10-2-1-7-14-11(10)12(17)15-8-3-5-9(16)6-4-8/h1-7,16H,13H2,(H,15,17). The Balaban J connectivity index is 2.17. The lowest BCUT2D eigenvalue weighted by molar-refractivity contribution is 0.102. The summed E-state index contributed by atoms with van der Waals surface area (Å²) in [5.41, 5.74) is 6.71. The molecule has 0 bridgehead atoms. The number of nitrogen functional groups attached to an aromatic ring is 1. The van der Waals surface area contributed by atoms with Gasteiger partial charge in [0, 0.05) is 11.9 Å². The fourth-order valence-electron chi connectivity index (χ4n) is 1.34. The molecule has 1 heterocycles. The highest BCUT2D eigenvalue weighted by Crippen LogP contribution is 2.15. The van der Waals surface area contributed by atoms with E-state index in [0.29, 0.717) is 11.4 Å². The lowest BCUT2D eigenvalue weighted by Crippen LogP contribution is -2.15. The number of rotatable bonds is 2. The third kappa shape index (κ3) is 2.52. The van der Waals surface area contributed by atoms with Crippen molar-refractivity contribution in [1.29, 1.82) is 0 Å². The van der Waals surface area contributed by atoms with Crippen molar-refractivity contribution >= 4 is 17.3 Å². The molecule has 0 saturated heterocycles. The molecule has 0 radical (unpaired) electrons. The number of hydrogen-bond donors (Lipinski definition) is 3.